The van der Waals surface area contributed by atoms with Crippen LogP contribution in [-0.2, 0) is 0 Å². The van der Waals surface area contributed by atoms with Crippen LogP contribution >= 0.6 is 0 Å². The fourth-order valence-corrected chi connectivity index (χ4v) is 0.751. The van der Waals surface area contributed by atoms with E-state index >= 15 is 0 Å². The van der Waals surface area contributed by atoms with Gasteiger partial charge in [0.25, 0.3) is 0 Å². The molecule has 0 aromatic carbocycles. The quantitative estimate of drug-likeness (QED) is 0.612. The summed E-state index contributed by atoms with van der Waals surface area (Å²) in [6.07, 6.45) is 6.31. The van der Waals surface area contributed by atoms with E-state index in [1.54, 1.807) is 0 Å². The first kappa shape index (κ1) is 10.5. The number of rotatable bonds is 3. The molecule has 0 aromatic heterocycles. The van der Waals surface area contributed by atoms with Crippen LogP contribution < -0.4 is 5.32 Å². The zero-order valence-corrected chi connectivity index (χ0v) is 8.07. The van der Waals surface area contributed by atoms with Gasteiger partial charge in [0, 0.05) is 6.54 Å². The Morgan fingerprint density at radius 2 is 2.00 bits per heavy atom. The molecule has 1 atom stereocenters. The monoisotopic (exact) mass is 153 g/mol. The van der Waals surface area contributed by atoms with Crippen molar-refractivity contribution in [2.45, 2.75) is 40.2 Å². The van der Waals surface area contributed by atoms with Gasteiger partial charge in [0.1, 0.15) is 0 Å². The fraction of sp³-hybridized carbons (Fsp3) is 0.800. The molecule has 0 rings (SSSR count). The second-order valence-corrected chi connectivity index (χ2v) is 4.07. The Balaban J connectivity index is 3.62. The highest BCUT2D eigenvalue weighted by Crippen LogP contribution is 2.10. The van der Waals surface area contributed by atoms with Crippen LogP contribution in [0.2, 0.25) is 0 Å². The van der Waals surface area contributed by atoms with E-state index in [2.05, 4.69) is 38.9 Å². The van der Waals surface area contributed by atoms with Crippen molar-refractivity contribution < 1.29 is 0 Å². The first-order chi connectivity index (χ1) is 4.99. The minimum atomic E-state index is 0.245. The van der Waals surface area contributed by atoms with Gasteiger partial charge in [0.15, 0.2) is 0 Å². The molecule has 1 heteroatoms. The molecule has 1 unspecified atom stereocenters. The van der Waals surface area contributed by atoms with Crippen molar-refractivity contribution in [1.29, 1.82) is 0 Å². The number of hydrogen-bond donors (Lipinski definition) is 1. The Morgan fingerprint density at radius 3 is 2.27 bits per heavy atom. The summed E-state index contributed by atoms with van der Waals surface area (Å²) >= 11 is 0. The third kappa shape index (κ3) is 5.94. The van der Waals surface area contributed by atoms with Crippen molar-refractivity contribution in [3.05, 3.63) is 0 Å². The van der Waals surface area contributed by atoms with Crippen LogP contribution in [-0.4, -0.2) is 12.6 Å². The summed E-state index contributed by atoms with van der Waals surface area (Å²) in [7, 11) is 0. The summed E-state index contributed by atoms with van der Waals surface area (Å²) in [4.78, 5) is 0. The fourth-order valence-electron chi connectivity index (χ4n) is 0.751. The largest absolute Gasteiger partial charge is 0.303 e. The van der Waals surface area contributed by atoms with Crippen molar-refractivity contribution in [3.8, 4) is 12.3 Å². The van der Waals surface area contributed by atoms with Gasteiger partial charge in [-0.2, -0.15) is 0 Å². The second-order valence-electron chi connectivity index (χ2n) is 4.07. The Morgan fingerprint density at radius 1 is 1.45 bits per heavy atom. The van der Waals surface area contributed by atoms with E-state index in [-0.39, 0.29) is 6.04 Å². The molecule has 0 aromatic rings. The minimum Gasteiger partial charge on any atom is -0.303 e. The van der Waals surface area contributed by atoms with Gasteiger partial charge in [-0.3, -0.25) is 0 Å². The second kappa shape index (κ2) is 4.41. The average Bonchev–Trinajstić information content (AvgIpc) is 1.88. The Labute approximate surface area is 70.6 Å². The highest BCUT2D eigenvalue weighted by molar-refractivity contribution is 4.98. The van der Waals surface area contributed by atoms with E-state index in [9.17, 15) is 0 Å². The van der Waals surface area contributed by atoms with Gasteiger partial charge in [0.2, 0.25) is 0 Å². The zero-order chi connectivity index (χ0) is 8.91. The lowest BCUT2D eigenvalue weighted by molar-refractivity contribution is 0.366. The number of hydrogen-bond acceptors (Lipinski definition) is 1. The molecule has 0 heterocycles. The van der Waals surface area contributed by atoms with Crippen LogP contribution in [0.4, 0.5) is 0 Å². The van der Waals surface area contributed by atoms with Gasteiger partial charge < -0.3 is 5.32 Å². The van der Waals surface area contributed by atoms with Crippen LogP contribution in [0.1, 0.15) is 34.1 Å². The topological polar surface area (TPSA) is 12.0 Å². The van der Waals surface area contributed by atoms with Crippen LogP contribution in [0.3, 0.4) is 0 Å². The summed E-state index contributed by atoms with van der Waals surface area (Å²) < 4.78 is 0. The van der Waals surface area contributed by atoms with E-state index < -0.39 is 0 Å². The predicted octanol–water partition coefficient (Wildman–Crippen LogP) is 2.03. The highest BCUT2D eigenvalue weighted by atomic mass is 14.9. The molecule has 0 amide bonds. The van der Waals surface area contributed by atoms with Gasteiger partial charge in [-0.25, -0.2) is 0 Å². The van der Waals surface area contributed by atoms with Gasteiger partial charge in [-0.1, -0.05) is 33.6 Å². The lowest BCUT2D eigenvalue weighted by atomic mass is 9.96. The lowest BCUT2D eigenvalue weighted by Gasteiger charge is -2.21. The van der Waals surface area contributed by atoms with E-state index in [1.165, 1.54) is 0 Å². The van der Waals surface area contributed by atoms with Crippen molar-refractivity contribution in [3.63, 3.8) is 0 Å². The standard InChI is InChI=1S/C10H19N/c1-6-9(7-2)11-8-10(3,4)5/h1,9,11H,7-8H2,2-5H3. The maximum Gasteiger partial charge on any atom is 0.0684 e. The average molecular weight is 153 g/mol. The normalized spacial score (nSPS) is 14.1. The molecule has 0 radical (unpaired) electrons. The molecule has 0 spiro atoms. The predicted molar refractivity (Wildman–Crippen MR) is 50.4 cm³/mol. The van der Waals surface area contributed by atoms with Gasteiger partial charge in [-0.15, -0.1) is 6.42 Å². The molecule has 0 aliphatic rings. The number of nitrogens with one attached hydrogen (secondary N) is 1. The third-order valence-electron chi connectivity index (χ3n) is 1.49. The maximum atomic E-state index is 5.30. The molecule has 0 aliphatic heterocycles. The Bertz CT molecular complexity index is 136. The van der Waals surface area contributed by atoms with E-state index in [0.717, 1.165) is 13.0 Å². The van der Waals surface area contributed by atoms with Crippen molar-refractivity contribution >= 4 is 0 Å². The number of terminal acetylenes is 1. The summed E-state index contributed by atoms with van der Waals surface area (Å²) in [6, 6.07) is 0.245. The highest BCUT2D eigenvalue weighted by Gasteiger charge is 2.11. The molecule has 0 saturated heterocycles. The van der Waals surface area contributed by atoms with Crippen molar-refractivity contribution in [1.82, 2.24) is 5.32 Å². The SMILES string of the molecule is C#CC(CC)NCC(C)(C)C. The minimum absolute atomic E-state index is 0.245. The smallest absolute Gasteiger partial charge is 0.0684 e. The molecular weight excluding hydrogens is 134 g/mol. The zero-order valence-electron chi connectivity index (χ0n) is 8.07. The molecular formula is C10H19N. The molecule has 64 valence electrons. The molecule has 0 fully saturated rings. The van der Waals surface area contributed by atoms with Crippen LogP contribution in [0.5, 0.6) is 0 Å². The molecule has 1 nitrogen and oxygen atoms in total. The maximum absolute atomic E-state index is 5.30. The molecule has 11 heavy (non-hydrogen) atoms. The summed E-state index contributed by atoms with van der Waals surface area (Å²) in [5, 5.41) is 3.32. The third-order valence-corrected chi connectivity index (χ3v) is 1.49. The summed E-state index contributed by atoms with van der Waals surface area (Å²) in [5.74, 6) is 2.71. The van der Waals surface area contributed by atoms with Gasteiger partial charge >= 0.3 is 0 Å². The lowest BCUT2D eigenvalue weighted by Crippen LogP contribution is -2.34. The molecule has 0 aliphatic carbocycles. The molecule has 1 N–H and O–H groups in total. The first-order valence-electron chi connectivity index (χ1n) is 4.19. The van der Waals surface area contributed by atoms with Crippen LogP contribution in [0.25, 0.3) is 0 Å². The van der Waals surface area contributed by atoms with Crippen molar-refractivity contribution in [2.75, 3.05) is 6.54 Å². The van der Waals surface area contributed by atoms with Gasteiger partial charge in [-0.05, 0) is 11.8 Å². The summed E-state index contributed by atoms with van der Waals surface area (Å²) in [6.45, 7) is 9.67. The first-order valence-corrected chi connectivity index (χ1v) is 4.19. The van der Waals surface area contributed by atoms with E-state index in [4.69, 9.17) is 6.42 Å². The Hall–Kier alpha value is -0.480. The molecule has 0 bridgehead atoms. The van der Waals surface area contributed by atoms with Crippen LogP contribution in [0, 0.1) is 17.8 Å². The van der Waals surface area contributed by atoms with Crippen LogP contribution in [0.15, 0.2) is 0 Å². The molecule has 0 saturated carbocycles. The van der Waals surface area contributed by atoms with E-state index in [1.807, 2.05) is 0 Å². The summed E-state index contributed by atoms with van der Waals surface area (Å²) in [5.41, 5.74) is 0.324. The Kier molecular flexibility index (Phi) is 4.22. The van der Waals surface area contributed by atoms with Crippen molar-refractivity contribution in [2.24, 2.45) is 5.41 Å². The van der Waals surface area contributed by atoms with Gasteiger partial charge in [0.05, 0.1) is 6.04 Å². The van der Waals surface area contributed by atoms with E-state index in [0.29, 0.717) is 5.41 Å².